The highest BCUT2D eigenvalue weighted by atomic mass is 79.9. The Balaban J connectivity index is 2.12. The van der Waals surface area contributed by atoms with Crippen molar-refractivity contribution in [3.8, 4) is 16.8 Å². The van der Waals surface area contributed by atoms with Crippen LogP contribution >= 0.6 is 27.3 Å². The predicted molar refractivity (Wildman–Crippen MR) is 75.5 cm³/mol. The standard InChI is InChI=1S/C13H12BrN3S/c14-9-7-12(18-8-9)13-16-10(4-5-15)11-3-1-2-6-17(11)13/h7-8H,1-4,6H2. The molecule has 1 aliphatic heterocycles. The van der Waals surface area contributed by atoms with E-state index < -0.39 is 0 Å². The van der Waals surface area contributed by atoms with Crippen LogP contribution in [0.5, 0.6) is 0 Å². The quantitative estimate of drug-likeness (QED) is 0.844. The third kappa shape index (κ3) is 2.00. The van der Waals surface area contributed by atoms with Crippen molar-refractivity contribution in [2.45, 2.75) is 32.2 Å². The highest BCUT2D eigenvalue weighted by Gasteiger charge is 2.21. The zero-order valence-electron chi connectivity index (χ0n) is 9.82. The molecule has 0 N–H and O–H groups in total. The Kier molecular flexibility index (Phi) is 3.23. The molecule has 92 valence electrons. The molecule has 0 atom stereocenters. The summed E-state index contributed by atoms with van der Waals surface area (Å²) in [4.78, 5) is 5.87. The maximum absolute atomic E-state index is 8.90. The van der Waals surface area contributed by atoms with Crippen molar-refractivity contribution >= 4 is 27.3 Å². The Morgan fingerprint density at radius 2 is 2.39 bits per heavy atom. The number of imidazole rings is 1. The maximum atomic E-state index is 8.90. The molecule has 5 heteroatoms. The fourth-order valence-electron chi connectivity index (χ4n) is 2.45. The SMILES string of the molecule is N#CCc1nc(-c2cc(Br)cs2)n2c1CCCC2. The average molecular weight is 322 g/mol. The molecule has 0 radical (unpaired) electrons. The summed E-state index contributed by atoms with van der Waals surface area (Å²) in [5.41, 5.74) is 2.24. The van der Waals surface area contributed by atoms with E-state index in [1.54, 1.807) is 11.3 Å². The van der Waals surface area contributed by atoms with Crippen molar-refractivity contribution in [2.75, 3.05) is 0 Å². The Morgan fingerprint density at radius 1 is 1.50 bits per heavy atom. The first-order valence-corrected chi connectivity index (χ1v) is 7.66. The van der Waals surface area contributed by atoms with Gasteiger partial charge in [0.25, 0.3) is 0 Å². The molecule has 2 aromatic heterocycles. The maximum Gasteiger partial charge on any atom is 0.150 e. The summed E-state index contributed by atoms with van der Waals surface area (Å²) in [6, 6.07) is 4.32. The molecule has 2 aromatic rings. The zero-order valence-corrected chi connectivity index (χ0v) is 12.2. The van der Waals surface area contributed by atoms with Crippen LogP contribution in [0.15, 0.2) is 15.9 Å². The monoisotopic (exact) mass is 321 g/mol. The minimum Gasteiger partial charge on any atom is -0.327 e. The summed E-state index contributed by atoms with van der Waals surface area (Å²) < 4.78 is 3.39. The van der Waals surface area contributed by atoms with Gasteiger partial charge in [-0.2, -0.15) is 5.26 Å². The predicted octanol–water partition coefficient (Wildman–Crippen LogP) is 3.78. The van der Waals surface area contributed by atoms with Gasteiger partial charge in [-0.3, -0.25) is 0 Å². The van der Waals surface area contributed by atoms with Crippen LogP contribution in [0.25, 0.3) is 10.7 Å². The summed E-state index contributed by atoms with van der Waals surface area (Å²) in [7, 11) is 0. The molecule has 1 aliphatic rings. The molecule has 3 nitrogen and oxygen atoms in total. The molecule has 0 aromatic carbocycles. The lowest BCUT2D eigenvalue weighted by molar-refractivity contribution is 0.534. The van der Waals surface area contributed by atoms with Gasteiger partial charge < -0.3 is 4.57 Å². The molecule has 0 aliphatic carbocycles. The van der Waals surface area contributed by atoms with Gasteiger partial charge in [-0.25, -0.2) is 4.98 Å². The third-order valence-corrected chi connectivity index (χ3v) is 4.92. The van der Waals surface area contributed by atoms with E-state index in [0.29, 0.717) is 6.42 Å². The van der Waals surface area contributed by atoms with E-state index in [-0.39, 0.29) is 0 Å². The molecule has 3 rings (SSSR count). The first kappa shape index (κ1) is 11.9. The number of nitriles is 1. The smallest absolute Gasteiger partial charge is 0.150 e. The van der Waals surface area contributed by atoms with Gasteiger partial charge in [-0.15, -0.1) is 11.3 Å². The van der Waals surface area contributed by atoms with Crippen LogP contribution in [0, 0.1) is 11.3 Å². The molecular formula is C13H12BrN3S. The topological polar surface area (TPSA) is 41.6 Å². The Labute approximate surface area is 118 Å². The molecule has 0 saturated carbocycles. The Bertz CT molecular complexity index is 621. The summed E-state index contributed by atoms with van der Waals surface area (Å²) in [5, 5.41) is 11.0. The second-order valence-electron chi connectivity index (χ2n) is 4.40. The first-order valence-electron chi connectivity index (χ1n) is 5.99. The van der Waals surface area contributed by atoms with Crippen LogP contribution in [0.2, 0.25) is 0 Å². The largest absolute Gasteiger partial charge is 0.327 e. The molecule has 0 unspecified atom stereocenters. The molecule has 0 fully saturated rings. The molecular weight excluding hydrogens is 310 g/mol. The summed E-state index contributed by atoms with van der Waals surface area (Å²) >= 11 is 5.18. The van der Waals surface area contributed by atoms with Crippen molar-refractivity contribution in [1.29, 1.82) is 5.26 Å². The van der Waals surface area contributed by atoms with Gasteiger partial charge in [-0.1, -0.05) is 0 Å². The fraction of sp³-hybridized carbons (Fsp3) is 0.385. The van der Waals surface area contributed by atoms with Crippen LogP contribution in [-0.4, -0.2) is 9.55 Å². The Morgan fingerprint density at radius 3 is 3.11 bits per heavy atom. The van der Waals surface area contributed by atoms with E-state index in [9.17, 15) is 0 Å². The fourth-order valence-corrected chi connectivity index (χ4v) is 3.88. The highest BCUT2D eigenvalue weighted by Crippen LogP contribution is 2.33. The summed E-state index contributed by atoms with van der Waals surface area (Å²) in [5.74, 6) is 1.03. The summed E-state index contributed by atoms with van der Waals surface area (Å²) in [6.45, 7) is 1.03. The minimum atomic E-state index is 0.419. The number of hydrogen-bond donors (Lipinski definition) is 0. The number of aromatic nitrogens is 2. The van der Waals surface area contributed by atoms with Crippen molar-refractivity contribution in [3.05, 3.63) is 27.3 Å². The van der Waals surface area contributed by atoms with E-state index in [4.69, 9.17) is 10.2 Å². The van der Waals surface area contributed by atoms with E-state index >= 15 is 0 Å². The van der Waals surface area contributed by atoms with Gasteiger partial charge in [0.1, 0.15) is 0 Å². The van der Waals surface area contributed by atoms with Gasteiger partial charge in [0.05, 0.1) is 23.1 Å². The number of thiophene rings is 1. The lowest BCUT2D eigenvalue weighted by Crippen LogP contribution is -2.11. The number of hydrogen-bond acceptors (Lipinski definition) is 3. The first-order chi connectivity index (χ1) is 8.79. The van der Waals surface area contributed by atoms with Gasteiger partial charge in [0, 0.05) is 22.1 Å². The van der Waals surface area contributed by atoms with Gasteiger partial charge in [0.15, 0.2) is 5.82 Å². The van der Waals surface area contributed by atoms with Crippen LogP contribution in [0.1, 0.15) is 24.2 Å². The van der Waals surface area contributed by atoms with E-state index in [1.165, 1.54) is 23.4 Å². The molecule has 18 heavy (non-hydrogen) atoms. The number of rotatable bonds is 2. The highest BCUT2D eigenvalue weighted by molar-refractivity contribution is 9.10. The second kappa shape index (κ2) is 4.87. The molecule has 0 amide bonds. The van der Waals surface area contributed by atoms with E-state index in [0.717, 1.165) is 29.0 Å². The normalized spacial score (nSPS) is 14.2. The molecule has 0 saturated heterocycles. The van der Waals surface area contributed by atoms with Crippen molar-refractivity contribution in [3.63, 3.8) is 0 Å². The summed E-state index contributed by atoms with van der Waals surface area (Å²) in [6.07, 6.45) is 3.88. The van der Waals surface area contributed by atoms with Crippen LogP contribution < -0.4 is 0 Å². The van der Waals surface area contributed by atoms with Gasteiger partial charge >= 0.3 is 0 Å². The van der Waals surface area contributed by atoms with Crippen LogP contribution in [0.3, 0.4) is 0 Å². The Hall–Kier alpha value is -1.12. The number of fused-ring (bicyclic) bond motifs is 1. The van der Waals surface area contributed by atoms with Crippen molar-refractivity contribution < 1.29 is 0 Å². The van der Waals surface area contributed by atoms with Gasteiger partial charge in [0.2, 0.25) is 0 Å². The number of nitrogens with zero attached hydrogens (tertiary/aromatic N) is 3. The van der Waals surface area contributed by atoms with Crippen LogP contribution in [-0.2, 0) is 19.4 Å². The molecule has 0 spiro atoms. The van der Waals surface area contributed by atoms with E-state index in [2.05, 4.69) is 38.0 Å². The lowest BCUT2D eigenvalue weighted by atomic mass is 10.1. The average Bonchev–Trinajstić information content (AvgIpc) is 2.95. The third-order valence-electron chi connectivity index (χ3n) is 3.24. The van der Waals surface area contributed by atoms with Gasteiger partial charge in [-0.05, 0) is 41.3 Å². The van der Waals surface area contributed by atoms with Crippen molar-refractivity contribution in [1.82, 2.24) is 9.55 Å². The molecule has 3 heterocycles. The van der Waals surface area contributed by atoms with Crippen molar-refractivity contribution in [2.24, 2.45) is 0 Å². The van der Waals surface area contributed by atoms with Crippen LogP contribution in [0.4, 0.5) is 0 Å². The molecule has 0 bridgehead atoms. The van der Waals surface area contributed by atoms with E-state index in [1.807, 2.05) is 0 Å². The minimum absolute atomic E-state index is 0.419. The number of halogens is 1. The zero-order chi connectivity index (χ0) is 12.5. The lowest BCUT2D eigenvalue weighted by Gasteiger charge is -2.16. The second-order valence-corrected chi connectivity index (χ2v) is 6.23.